The van der Waals surface area contributed by atoms with Crippen LogP contribution in [0, 0.1) is 5.41 Å². The lowest BCUT2D eigenvalue weighted by Gasteiger charge is -2.23. The minimum atomic E-state index is -0.945. The van der Waals surface area contributed by atoms with Crippen molar-refractivity contribution in [2.45, 2.75) is 47.5 Å². The summed E-state index contributed by atoms with van der Waals surface area (Å²) in [4.78, 5) is 50.1. The van der Waals surface area contributed by atoms with Crippen LogP contribution >= 0.6 is 11.8 Å². The summed E-state index contributed by atoms with van der Waals surface area (Å²) in [6.07, 6.45) is 0.128. The first-order chi connectivity index (χ1) is 9.24. The van der Waals surface area contributed by atoms with E-state index >= 15 is 0 Å². The highest BCUT2D eigenvalue weighted by molar-refractivity contribution is 8.13. The molecular formula is C13H21NO5S. The Hall–Kier alpha value is -1.37. The molecular weight excluding hydrogens is 282 g/mol. The van der Waals surface area contributed by atoms with Gasteiger partial charge in [0.15, 0.2) is 5.12 Å². The van der Waals surface area contributed by atoms with Crippen LogP contribution in [0.4, 0.5) is 0 Å². The maximum absolute atomic E-state index is 11.8. The van der Waals surface area contributed by atoms with E-state index < -0.39 is 23.2 Å². The predicted molar refractivity (Wildman–Crippen MR) is 75.4 cm³/mol. The molecule has 1 fully saturated rings. The maximum atomic E-state index is 11.8. The molecule has 0 aromatic heterocycles. The number of nitrogens with zero attached hydrogens (tertiary/aromatic N) is 1. The van der Waals surface area contributed by atoms with Gasteiger partial charge in [-0.05, 0) is 13.8 Å². The molecule has 6 nitrogen and oxygen atoms in total. The van der Waals surface area contributed by atoms with E-state index in [1.807, 2.05) is 13.8 Å². The van der Waals surface area contributed by atoms with E-state index in [4.69, 9.17) is 4.84 Å². The molecule has 0 bridgehead atoms. The average Bonchev–Trinajstić information content (AvgIpc) is 2.70. The molecule has 2 amide bonds. The zero-order valence-electron chi connectivity index (χ0n) is 12.5. The van der Waals surface area contributed by atoms with Gasteiger partial charge in [0.2, 0.25) is 0 Å². The Labute approximate surface area is 123 Å². The number of hydroxylamine groups is 2. The third-order valence-electron chi connectivity index (χ3n) is 2.37. The number of amides is 2. The fourth-order valence-electron chi connectivity index (χ4n) is 1.21. The zero-order chi connectivity index (χ0) is 15.9. The third kappa shape index (κ3) is 5.32. The fourth-order valence-corrected chi connectivity index (χ4v) is 1.89. The van der Waals surface area contributed by atoms with Gasteiger partial charge in [0, 0.05) is 25.5 Å². The Morgan fingerprint density at radius 1 is 1.20 bits per heavy atom. The summed E-state index contributed by atoms with van der Waals surface area (Å²) >= 11 is 0.998. The molecule has 1 rings (SSSR count). The van der Waals surface area contributed by atoms with Gasteiger partial charge in [-0.25, -0.2) is 4.79 Å². The lowest BCUT2D eigenvalue weighted by Crippen LogP contribution is -2.39. The smallest absolute Gasteiger partial charge is 0.330 e. The van der Waals surface area contributed by atoms with Gasteiger partial charge in [0.05, 0.1) is 5.41 Å². The molecule has 0 N–H and O–H groups in total. The number of carbonyl (C=O) groups is 4. The summed E-state index contributed by atoms with van der Waals surface area (Å²) in [6, 6.07) is 0. The van der Waals surface area contributed by atoms with Crippen molar-refractivity contribution in [1.82, 2.24) is 5.06 Å². The van der Waals surface area contributed by atoms with Gasteiger partial charge >= 0.3 is 5.97 Å². The van der Waals surface area contributed by atoms with Gasteiger partial charge in [0.25, 0.3) is 11.8 Å². The van der Waals surface area contributed by atoms with Crippen molar-refractivity contribution >= 4 is 34.7 Å². The van der Waals surface area contributed by atoms with Crippen molar-refractivity contribution in [1.29, 1.82) is 0 Å². The number of rotatable bonds is 4. The topological polar surface area (TPSA) is 80.8 Å². The standard InChI is InChI=1S/C11H15NO5S.C2H6/c1-7(13)18-6-11(2,3)10(16)17-12-8(14)4-5-9(12)15;1-2/h4-6H2,1-3H3;1-2H3. The molecule has 20 heavy (non-hydrogen) atoms. The summed E-state index contributed by atoms with van der Waals surface area (Å²) in [7, 11) is 0. The lowest BCUT2D eigenvalue weighted by atomic mass is 9.97. The molecule has 1 heterocycles. The summed E-state index contributed by atoms with van der Waals surface area (Å²) in [6.45, 7) is 8.59. The highest BCUT2D eigenvalue weighted by Gasteiger charge is 2.38. The van der Waals surface area contributed by atoms with Gasteiger partial charge in [-0.3, -0.25) is 14.4 Å². The molecule has 0 aromatic carbocycles. The maximum Gasteiger partial charge on any atom is 0.339 e. The molecule has 0 unspecified atom stereocenters. The number of thioether (sulfide) groups is 1. The SMILES string of the molecule is CC.CC(=O)SCC(C)(C)C(=O)ON1C(=O)CCC1=O. The van der Waals surface area contributed by atoms with Gasteiger partial charge in [-0.2, -0.15) is 0 Å². The number of hydrogen-bond donors (Lipinski definition) is 0. The quantitative estimate of drug-likeness (QED) is 0.738. The first-order valence-electron chi connectivity index (χ1n) is 6.45. The molecule has 7 heteroatoms. The minimum absolute atomic E-state index is 0.0642. The molecule has 0 aromatic rings. The van der Waals surface area contributed by atoms with Gasteiger partial charge in [0.1, 0.15) is 0 Å². The summed E-state index contributed by atoms with van der Waals surface area (Å²) in [5, 5.41) is 0.409. The molecule has 0 atom stereocenters. The molecule has 0 spiro atoms. The van der Waals surface area contributed by atoms with Crippen molar-refractivity contribution < 1.29 is 24.0 Å². The molecule has 1 aliphatic heterocycles. The van der Waals surface area contributed by atoms with Crippen molar-refractivity contribution in [3.63, 3.8) is 0 Å². The van der Waals surface area contributed by atoms with E-state index in [0.717, 1.165) is 11.8 Å². The second kappa shape index (κ2) is 8.04. The first kappa shape index (κ1) is 18.6. The van der Waals surface area contributed by atoms with Gasteiger partial charge < -0.3 is 4.84 Å². The van der Waals surface area contributed by atoms with E-state index in [0.29, 0.717) is 5.06 Å². The van der Waals surface area contributed by atoms with E-state index in [-0.39, 0.29) is 23.7 Å². The van der Waals surface area contributed by atoms with Crippen LogP contribution < -0.4 is 0 Å². The fraction of sp³-hybridized carbons (Fsp3) is 0.692. The zero-order valence-corrected chi connectivity index (χ0v) is 13.3. The van der Waals surface area contributed by atoms with Crippen LogP contribution in [-0.4, -0.2) is 33.7 Å². The Morgan fingerprint density at radius 2 is 1.65 bits per heavy atom. The summed E-state index contributed by atoms with van der Waals surface area (Å²) in [5.41, 5.74) is -0.945. The van der Waals surface area contributed by atoms with Crippen molar-refractivity contribution in [3.8, 4) is 0 Å². The van der Waals surface area contributed by atoms with Gasteiger partial charge in [-0.1, -0.05) is 25.6 Å². The average molecular weight is 303 g/mol. The van der Waals surface area contributed by atoms with Gasteiger partial charge in [-0.15, -0.1) is 5.06 Å². The Kier molecular flexibility index (Phi) is 7.49. The molecule has 0 aliphatic carbocycles. The minimum Gasteiger partial charge on any atom is -0.330 e. The second-order valence-corrected chi connectivity index (χ2v) is 5.78. The third-order valence-corrected chi connectivity index (χ3v) is 3.64. The molecule has 1 saturated heterocycles. The molecule has 0 saturated carbocycles. The summed E-state index contributed by atoms with van der Waals surface area (Å²) < 4.78 is 0. The Balaban J connectivity index is 0.00000172. The van der Waals surface area contributed by atoms with Crippen LogP contribution in [-0.2, 0) is 24.0 Å². The van der Waals surface area contributed by atoms with Crippen LogP contribution in [0.2, 0.25) is 0 Å². The molecule has 0 radical (unpaired) electrons. The summed E-state index contributed by atoms with van der Waals surface area (Å²) in [5.74, 6) is -1.48. The van der Waals surface area contributed by atoms with Crippen LogP contribution in [0.25, 0.3) is 0 Å². The van der Waals surface area contributed by atoms with Crippen LogP contribution in [0.3, 0.4) is 0 Å². The van der Waals surface area contributed by atoms with Crippen LogP contribution in [0.1, 0.15) is 47.5 Å². The van der Waals surface area contributed by atoms with Crippen molar-refractivity contribution in [3.05, 3.63) is 0 Å². The predicted octanol–water partition coefficient (Wildman–Crippen LogP) is 1.93. The monoisotopic (exact) mass is 303 g/mol. The number of imide groups is 1. The van der Waals surface area contributed by atoms with Crippen molar-refractivity contribution in [2.24, 2.45) is 5.41 Å². The highest BCUT2D eigenvalue weighted by atomic mass is 32.2. The van der Waals surface area contributed by atoms with E-state index in [9.17, 15) is 19.2 Å². The number of carbonyl (C=O) groups excluding carboxylic acids is 4. The first-order valence-corrected chi connectivity index (χ1v) is 7.44. The highest BCUT2D eigenvalue weighted by Crippen LogP contribution is 2.25. The molecule has 114 valence electrons. The second-order valence-electron chi connectivity index (χ2n) is 4.62. The van der Waals surface area contributed by atoms with E-state index in [1.54, 1.807) is 13.8 Å². The Bertz CT molecular complexity index is 390. The normalized spacial score (nSPS) is 14.8. The van der Waals surface area contributed by atoms with E-state index in [1.165, 1.54) is 6.92 Å². The van der Waals surface area contributed by atoms with Crippen molar-refractivity contribution in [2.75, 3.05) is 5.75 Å². The lowest BCUT2D eigenvalue weighted by molar-refractivity contribution is -0.203. The van der Waals surface area contributed by atoms with Crippen LogP contribution in [0.15, 0.2) is 0 Å². The largest absolute Gasteiger partial charge is 0.339 e. The van der Waals surface area contributed by atoms with E-state index in [2.05, 4.69) is 0 Å². The van der Waals surface area contributed by atoms with Crippen LogP contribution in [0.5, 0.6) is 0 Å². The Morgan fingerprint density at radius 3 is 2.05 bits per heavy atom. The number of hydrogen-bond acceptors (Lipinski definition) is 6. The molecule has 1 aliphatic rings.